The van der Waals surface area contributed by atoms with Crippen LogP contribution in [0.3, 0.4) is 0 Å². The SMILES string of the molecule is Cn1c(=O)c2c(ncn2CC(=O)N2CCN(S(=O)(=O)C=Cc3ccccc3)CC2)n(C)c1=O. The molecule has 0 spiro atoms. The predicted molar refractivity (Wildman–Crippen MR) is 123 cm³/mol. The largest absolute Gasteiger partial charge is 0.339 e. The smallest absolute Gasteiger partial charge is 0.332 e. The number of carbonyl (C=O) groups is 1. The van der Waals surface area contributed by atoms with E-state index in [1.165, 1.54) is 39.3 Å². The van der Waals surface area contributed by atoms with E-state index in [1.54, 1.807) is 11.0 Å². The number of rotatable bonds is 5. The van der Waals surface area contributed by atoms with E-state index >= 15 is 0 Å². The fourth-order valence-corrected chi connectivity index (χ4v) is 4.94. The van der Waals surface area contributed by atoms with E-state index in [0.717, 1.165) is 10.1 Å². The quantitative estimate of drug-likeness (QED) is 0.498. The summed E-state index contributed by atoms with van der Waals surface area (Å²) in [6.07, 6.45) is 2.91. The highest BCUT2D eigenvalue weighted by Crippen LogP contribution is 2.13. The van der Waals surface area contributed by atoms with Gasteiger partial charge in [0.2, 0.25) is 15.9 Å². The van der Waals surface area contributed by atoms with Crippen molar-refractivity contribution in [1.82, 2.24) is 27.9 Å². The van der Waals surface area contributed by atoms with E-state index < -0.39 is 21.3 Å². The summed E-state index contributed by atoms with van der Waals surface area (Å²) >= 11 is 0. The Morgan fingerprint density at radius 3 is 2.36 bits per heavy atom. The van der Waals surface area contributed by atoms with E-state index in [0.29, 0.717) is 0 Å². The maximum atomic E-state index is 12.8. The van der Waals surface area contributed by atoms with Crippen LogP contribution in [0.2, 0.25) is 0 Å². The highest BCUT2D eigenvalue weighted by molar-refractivity contribution is 7.92. The molecule has 3 aromatic rings. The number of nitrogens with zero attached hydrogens (tertiary/aromatic N) is 6. The molecule has 0 aliphatic carbocycles. The highest BCUT2D eigenvalue weighted by Gasteiger charge is 2.28. The van der Waals surface area contributed by atoms with Crippen LogP contribution < -0.4 is 11.2 Å². The summed E-state index contributed by atoms with van der Waals surface area (Å²) in [5, 5.41) is 1.18. The number of aryl methyl sites for hydroxylation is 1. The zero-order valence-corrected chi connectivity index (χ0v) is 19.1. The zero-order valence-electron chi connectivity index (χ0n) is 18.3. The van der Waals surface area contributed by atoms with Crippen molar-refractivity contribution < 1.29 is 13.2 Å². The number of fused-ring (bicyclic) bond motifs is 1. The van der Waals surface area contributed by atoms with Gasteiger partial charge in [-0.1, -0.05) is 30.3 Å². The van der Waals surface area contributed by atoms with Crippen molar-refractivity contribution in [1.29, 1.82) is 0 Å². The fraction of sp³-hybridized carbons (Fsp3) is 0.333. The summed E-state index contributed by atoms with van der Waals surface area (Å²) in [6, 6.07) is 9.14. The van der Waals surface area contributed by atoms with Crippen LogP contribution in [0, 0.1) is 0 Å². The zero-order chi connectivity index (χ0) is 23.8. The summed E-state index contributed by atoms with van der Waals surface area (Å²) in [6.45, 7) is 0.688. The van der Waals surface area contributed by atoms with Gasteiger partial charge in [0.1, 0.15) is 6.54 Å². The van der Waals surface area contributed by atoms with Crippen LogP contribution in [0.5, 0.6) is 0 Å². The van der Waals surface area contributed by atoms with Gasteiger partial charge < -0.3 is 9.47 Å². The minimum Gasteiger partial charge on any atom is -0.339 e. The molecular formula is C21H24N6O5S. The van der Waals surface area contributed by atoms with Gasteiger partial charge in [0.25, 0.3) is 5.56 Å². The van der Waals surface area contributed by atoms with Gasteiger partial charge in [-0.15, -0.1) is 0 Å². The lowest BCUT2D eigenvalue weighted by Gasteiger charge is -2.33. The number of aromatic nitrogens is 4. The van der Waals surface area contributed by atoms with E-state index in [2.05, 4.69) is 4.98 Å². The minimum absolute atomic E-state index is 0.134. The summed E-state index contributed by atoms with van der Waals surface area (Å²) in [4.78, 5) is 43.1. The molecule has 1 fully saturated rings. The number of benzene rings is 1. The van der Waals surface area contributed by atoms with Gasteiger partial charge in [-0.3, -0.25) is 18.7 Å². The van der Waals surface area contributed by atoms with Crippen molar-refractivity contribution >= 4 is 33.2 Å². The van der Waals surface area contributed by atoms with Crippen molar-refractivity contribution in [2.24, 2.45) is 14.1 Å². The van der Waals surface area contributed by atoms with Crippen molar-refractivity contribution in [2.45, 2.75) is 6.54 Å². The number of amides is 1. The number of imidazole rings is 1. The van der Waals surface area contributed by atoms with Crippen molar-refractivity contribution in [3.8, 4) is 0 Å². The first-order valence-electron chi connectivity index (χ1n) is 10.3. The van der Waals surface area contributed by atoms with Crippen LogP contribution in [0.25, 0.3) is 17.2 Å². The average Bonchev–Trinajstić information content (AvgIpc) is 3.24. The van der Waals surface area contributed by atoms with Crippen molar-refractivity contribution in [3.63, 3.8) is 0 Å². The second-order valence-electron chi connectivity index (χ2n) is 7.79. The first-order valence-corrected chi connectivity index (χ1v) is 11.8. The van der Waals surface area contributed by atoms with E-state index in [1.807, 2.05) is 30.3 Å². The molecule has 12 heteroatoms. The molecule has 0 radical (unpaired) electrons. The Morgan fingerprint density at radius 2 is 1.70 bits per heavy atom. The maximum absolute atomic E-state index is 12.8. The van der Waals surface area contributed by atoms with Crippen LogP contribution >= 0.6 is 0 Å². The summed E-state index contributed by atoms with van der Waals surface area (Å²) in [5.41, 5.74) is 0.130. The van der Waals surface area contributed by atoms with E-state index in [4.69, 9.17) is 0 Å². The molecule has 1 aliphatic heterocycles. The molecule has 0 bridgehead atoms. The van der Waals surface area contributed by atoms with Crippen LogP contribution in [0.1, 0.15) is 5.56 Å². The van der Waals surface area contributed by atoms with Gasteiger partial charge in [-0.25, -0.2) is 18.2 Å². The van der Waals surface area contributed by atoms with Gasteiger partial charge in [-0.2, -0.15) is 4.31 Å². The molecule has 1 amide bonds. The number of sulfonamides is 1. The second kappa shape index (κ2) is 8.79. The van der Waals surface area contributed by atoms with E-state index in [9.17, 15) is 22.8 Å². The standard InChI is InChI=1S/C21H24N6O5S/c1-23-19-18(20(29)24(2)21(23)30)26(15-22-19)14-17(28)25-9-11-27(12-10-25)33(31,32)13-8-16-6-4-3-5-7-16/h3-8,13,15H,9-12,14H2,1-2H3. The first kappa shape index (κ1) is 22.7. The monoisotopic (exact) mass is 472 g/mol. The third-order valence-corrected chi connectivity index (χ3v) is 7.27. The second-order valence-corrected chi connectivity index (χ2v) is 9.61. The number of hydrogen-bond acceptors (Lipinski definition) is 6. The van der Waals surface area contributed by atoms with Gasteiger partial charge in [-0.05, 0) is 11.6 Å². The molecule has 1 saturated heterocycles. The predicted octanol–water partition coefficient (Wildman–Crippen LogP) is -0.421. The normalized spacial score (nSPS) is 15.5. The Kier molecular flexibility index (Phi) is 6.04. The first-order chi connectivity index (χ1) is 15.7. The molecule has 0 atom stereocenters. The van der Waals surface area contributed by atoms with Crippen molar-refractivity contribution in [3.05, 3.63) is 68.5 Å². The minimum atomic E-state index is -3.61. The lowest BCUT2D eigenvalue weighted by Crippen LogP contribution is -2.50. The molecule has 0 N–H and O–H groups in total. The molecule has 1 aliphatic rings. The summed E-state index contributed by atoms with van der Waals surface area (Å²) < 4.78 is 30.2. The molecule has 1 aromatic carbocycles. The third-order valence-electron chi connectivity index (χ3n) is 5.71. The maximum Gasteiger partial charge on any atom is 0.332 e. The summed E-state index contributed by atoms with van der Waals surface area (Å²) in [5.74, 6) is -0.262. The Balaban J connectivity index is 1.44. The molecule has 2 aromatic heterocycles. The molecule has 11 nitrogen and oxygen atoms in total. The number of piperazine rings is 1. The Labute approximate surface area is 189 Å². The average molecular weight is 473 g/mol. The van der Waals surface area contributed by atoms with Crippen LogP contribution in [0.15, 0.2) is 51.7 Å². The Morgan fingerprint density at radius 1 is 1.03 bits per heavy atom. The molecule has 0 unspecified atom stereocenters. The third kappa shape index (κ3) is 4.39. The van der Waals surface area contributed by atoms with Crippen LogP contribution in [0.4, 0.5) is 0 Å². The van der Waals surface area contributed by atoms with Crippen LogP contribution in [-0.2, 0) is 35.5 Å². The Hall–Kier alpha value is -3.51. The Bertz CT molecular complexity index is 1440. The molecule has 174 valence electrons. The number of hydrogen-bond donors (Lipinski definition) is 0. The summed E-state index contributed by atoms with van der Waals surface area (Å²) in [7, 11) is -0.726. The van der Waals surface area contributed by atoms with Gasteiger partial charge in [0.15, 0.2) is 11.2 Å². The van der Waals surface area contributed by atoms with Gasteiger partial charge in [0, 0.05) is 45.7 Å². The molecular weight excluding hydrogens is 448 g/mol. The van der Waals surface area contributed by atoms with Gasteiger partial charge in [0.05, 0.1) is 6.33 Å². The number of carbonyl (C=O) groups excluding carboxylic acids is 1. The van der Waals surface area contributed by atoms with Crippen molar-refractivity contribution in [2.75, 3.05) is 26.2 Å². The molecule has 4 rings (SSSR count). The lowest BCUT2D eigenvalue weighted by atomic mass is 10.2. The van der Waals surface area contributed by atoms with Crippen LogP contribution in [-0.4, -0.2) is 68.4 Å². The van der Waals surface area contributed by atoms with E-state index in [-0.39, 0.29) is 49.8 Å². The topological polar surface area (TPSA) is 120 Å². The molecule has 3 heterocycles. The molecule has 0 saturated carbocycles. The molecule has 33 heavy (non-hydrogen) atoms. The lowest BCUT2D eigenvalue weighted by molar-refractivity contribution is -0.132. The van der Waals surface area contributed by atoms with Gasteiger partial charge >= 0.3 is 5.69 Å². The highest BCUT2D eigenvalue weighted by atomic mass is 32.2. The fourth-order valence-electron chi connectivity index (χ4n) is 3.77.